The fraction of sp³-hybridized carbons (Fsp3) is 0.714. The van der Waals surface area contributed by atoms with Crippen molar-refractivity contribution >= 4 is 10.9 Å². The first kappa shape index (κ1) is 11.3. The average molecular weight is 224 g/mol. The molecule has 15 heavy (non-hydrogen) atoms. The first-order valence-electron chi connectivity index (χ1n) is 6.34. The zero-order chi connectivity index (χ0) is 10.8. The van der Waals surface area contributed by atoms with Crippen molar-refractivity contribution in [2.45, 2.75) is 46.0 Å². The van der Waals surface area contributed by atoms with Crippen molar-refractivity contribution in [2.24, 2.45) is 11.8 Å². The first-order valence-corrected chi connectivity index (χ1v) is 8.20. The Morgan fingerprint density at radius 1 is 1.20 bits per heavy atom. The third-order valence-electron chi connectivity index (χ3n) is 3.75. The second-order valence-corrected chi connectivity index (χ2v) is 7.30. The molecule has 1 aliphatic heterocycles. The maximum absolute atomic E-state index is 2.55. The molecule has 0 aromatic rings. The molecule has 0 bridgehead atoms. The van der Waals surface area contributed by atoms with Gasteiger partial charge in [-0.2, -0.15) is 0 Å². The summed E-state index contributed by atoms with van der Waals surface area (Å²) in [5, 5.41) is 2.55. The van der Waals surface area contributed by atoms with Gasteiger partial charge in [0.05, 0.1) is 0 Å². The summed E-state index contributed by atoms with van der Waals surface area (Å²) in [7, 11) is 0.0760. The molecule has 0 nitrogen and oxygen atoms in total. The number of hydrogen-bond acceptors (Lipinski definition) is 0. The van der Waals surface area contributed by atoms with Crippen LogP contribution in [0.3, 0.4) is 0 Å². The van der Waals surface area contributed by atoms with E-state index in [9.17, 15) is 0 Å². The molecule has 1 fully saturated rings. The van der Waals surface area contributed by atoms with Gasteiger partial charge in [-0.25, -0.2) is 10.9 Å². The molecule has 0 radical (unpaired) electrons. The minimum atomic E-state index is 0.0760. The average Bonchev–Trinajstić information content (AvgIpc) is 2.62. The van der Waals surface area contributed by atoms with Crippen LogP contribution in [0.15, 0.2) is 22.0 Å². The molecule has 0 spiro atoms. The third kappa shape index (κ3) is 2.50. The lowest BCUT2D eigenvalue weighted by Gasteiger charge is -2.26. The molecule has 0 aromatic carbocycles. The van der Waals surface area contributed by atoms with Crippen LogP contribution in [0.25, 0.3) is 0 Å². The fourth-order valence-electron chi connectivity index (χ4n) is 2.73. The van der Waals surface area contributed by atoms with Gasteiger partial charge in [-0.1, -0.05) is 33.1 Å². The lowest BCUT2D eigenvalue weighted by Crippen LogP contribution is -2.08. The van der Waals surface area contributed by atoms with Crippen molar-refractivity contribution in [3.8, 4) is 0 Å². The molecular weight excluding hydrogens is 200 g/mol. The molecule has 1 heterocycles. The Labute approximate surface area is 97.2 Å². The van der Waals surface area contributed by atoms with Gasteiger partial charge in [0.25, 0.3) is 0 Å². The molecule has 0 N–H and O–H groups in total. The third-order valence-corrected chi connectivity index (χ3v) is 5.75. The lowest BCUT2D eigenvalue weighted by molar-refractivity contribution is 0.414. The number of hydrogen-bond donors (Lipinski definition) is 1. The van der Waals surface area contributed by atoms with Crippen LogP contribution in [0, 0.1) is 11.8 Å². The van der Waals surface area contributed by atoms with Crippen LogP contribution in [0.4, 0.5) is 0 Å². The normalized spacial score (nSPS) is 30.5. The van der Waals surface area contributed by atoms with Crippen LogP contribution in [0.5, 0.6) is 0 Å². The molecule has 2 aliphatic rings. The van der Waals surface area contributed by atoms with E-state index in [0.717, 1.165) is 11.8 Å². The van der Waals surface area contributed by atoms with E-state index in [1.165, 1.54) is 32.1 Å². The van der Waals surface area contributed by atoms with Gasteiger partial charge in [-0.3, -0.25) is 0 Å². The zero-order valence-corrected chi connectivity index (χ0v) is 11.2. The molecule has 0 aromatic heterocycles. The van der Waals surface area contributed by atoms with Crippen molar-refractivity contribution in [2.75, 3.05) is 6.26 Å². The Kier molecular flexibility index (Phi) is 3.60. The van der Waals surface area contributed by atoms with Crippen LogP contribution >= 0.6 is 10.9 Å². The Bertz CT molecular complexity index is 280. The highest BCUT2D eigenvalue weighted by Gasteiger charge is 2.23. The van der Waals surface area contributed by atoms with Crippen LogP contribution in [-0.2, 0) is 0 Å². The summed E-state index contributed by atoms with van der Waals surface area (Å²) in [5.41, 5.74) is 1.60. The van der Waals surface area contributed by atoms with Gasteiger partial charge >= 0.3 is 0 Å². The molecule has 1 unspecified atom stereocenters. The van der Waals surface area contributed by atoms with Crippen LogP contribution in [-0.4, -0.2) is 6.26 Å². The molecule has 1 aliphatic carbocycles. The summed E-state index contributed by atoms with van der Waals surface area (Å²) >= 11 is 0. The van der Waals surface area contributed by atoms with Crippen molar-refractivity contribution in [3.05, 3.63) is 22.0 Å². The minimum absolute atomic E-state index is 0.0760. The Hall–Kier alpha value is -0.170. The lowest BCUT2D eigenvalue weighted by atomic mass is 9.88. The summed E-state index contributed by atoms with van der Waals surface area (Å²) in [6.07, 6.45) is 12.3. The van der Waals surface area contributed by atoms with Gasteiger partial charge in [-0.15, -0.1) is 0 Å². The molecular formula is C14H24S. The monoisotopic (exact) mass is 224 g/mol. The highest BCUT2D eigenvalue weighted by atomic mass is 32.2. The molecule has 86 valence electrons. The van der Waals surface area contributed by atoms with E-state index < -0.39 is 0 Å². The smallest absolute Gasteiger partial charge is 0.0116 e. The highest BCUT2D eigenvalue weighted by molar-refractivity contribution is 8.22. The minimum Gasteiger partial charge on any atom is -0.213 e. The quantitative estimate of drug-likeness (QED) is 0.649. The van der Waals surface area contributed by atoms with Crippen molar-refractivity contribution < 1.29 is 0 Å². The van der Waals surface area contributed by atoms with Gasteiger partial charge in [0.15, 0.2) is 0 Å². The second-order valence-electron chi connectivity index (χ2n) is 5.30. The summed E-state index contributed by atoms with van der Waals surface area (Å²) in [6, 6.07) is 0. The Morgan fingerprint density at radius 3 is 2.40 bits per heavy atom. The van der Waals surface area contributed by atoms with Crippen molar-refractivity contribution in [3.63, 3.8) is 0 Å². The zero-order valence-electron chi connectivity index (χ0n) is 10.3. The van der Waals surface area contributed by atoms with E-state index in [-0.39, 0.29) is 10.9 Å². The van der Waals surface area contributed by atoms with Gasteiger partial charge in [0.2, 0.25) is 0 Å². The summed E-state index contributed by atoms with van der Waals surface area (Å²) in [6.45, 7) is 4.63. The summed E-state index contributed by atoms with van der Waals surface area (Å²) in [5.74, 6) is 1.65. The number of allylic oxidation sites excluding steroid dienone is 3. The molecule has 2 rings (SSSR count). The van der Waals surface area contributed by atoms with E-state index in [1.807, 2.05) is 0 Å². The summed E-state index contributed by atoms with van der Waals surface area (Å²) in [4.78, 5) is 1.80. The first-order chi connectivity index (χ1) is 7.18. The maximum atomic E-state index is 2.55. The van der Waals surface area contributed by atoms with Crippen LogP contribution in [0.2, 0.25) is 0 Å². The number of rotatable bonds is 2. The standard InChI is InChI=1S/C14H24S/c1-11(2)13-9-14(15(3)10-13)12-7-5-4-6-8-12/h9-12,15H,4-8H2,1-3H3. The van der Waals surface area contributed by atoms with E-state index in [4.69, 9.17) is 0 Å². The maximum Gasteiger partial charge on any atom is -0.0116 e. The van der Waals surface area contributed by atoms with Gasteiger partial charge in [-0.05, 0) is 52.9 Å². The second kappa shape index (κ2) is 4.78. The molecule has 0 saturated heterocycles. The SMILES string of the molecule is CC(C)C1=C[SH](C)C(C2CCCCC2)=C1. The van der Waals surface area contributed by atoms with Crippen molar-refractivity contribution in [1.82, 2.24) is 0 Å². The van der Waals surface area contributed by atoms with E-state index in [2.05, 4.69) is 31.6 Å². The molecule has 0 amide bonds. The van der Waals surface area contributed by atoms with Gasteiger partial charge in [0, 0.05) is 0 Å². The Balaban J connectivity index is 2.07. The topological polar surface area (TPSA) is 0 Å². The van der Waals surface area contributed by atoms with E-state index in [0.29, 0.717) is 0 Å². The highest BCUT2D eigenvalue weighted by Crippen LogP contribution is 2.49. The van der Waals surface area contributed by atoms with Crippen molar-refractivity contribution in [1.29, 1.82) is 0 Å². The Morgan fingerprint density at radius 2 is 1.87 bits per heavy atom. The molecule has 1 saturated carbocycles. The fourth-order valence-corrected chi connectivity index (χ4v) is 4.88. The predicted octanol–water partition coefficient (Wildman–Crippen LogP) is 4.64. The van der Waals surface area contributed by atoms with E-state index >= 15 is 0 Å². The van der Waals surface area contributed by atoms with Gasteiger partial charge in [0.1, 0.15) is 0 Å². The molecule has 1 atom stereocenters. The van der Waals surface area contributed by atoms with Crippen LogP contribution < -0.4 is 0 Å². The van der Waals surface area contributed by atoms with Crippen LogP contribution in [0.1, 0.15) is 46.0 Å². The largest absolute Gasteiger partial charge is 0.213 e. The van der Waals surface area contributed by atoms with E-state index in [1.54, 1.807) is 10.5 Å². The predicted molar refractivity (Wildman–Crippen MR) is 72.5 cm³/mol. The van der Waals surface area contributed by atoms with Gasteiger partial charge < -0.3 is 0 Å². The number of thiol groups is 1. The molecule has 1 heteroatoms. The summed E-state index contributed by atoms with van der Waals surface area (Å²) < 4.78 is 0.